The van der Waals surface area contributed by atoms with Gasteiger partial charge in [-0.1, -0.05) is 26.2 Å². The van der Waals surface area contributed by atoms with Crippen LogP contribution >= 0.6 is 0 Å². The van der Waals surface area contributed by atoms with E-state index in [2.05, 4.69) is 6.92 Å². The summed E-state index contributed by atoms with van der Waals surface area (Å²) in [6.07, 6.45) is 0.319. The van der Waals surface area contributed by atoms with Gasteiger partial charge < -0.3 is 35.0 Å². The molecule has 7 nitrogen and oxygen atoms in total. The van der Waals surface area contributed by atoms with Crippen molar-refractivity contribution in [2.24, 2.45) is 0 Å². The topological polar surface area (TPSA) is 120 Å². The van der Waals surface area contributed by atoms with Crippen molar-refractivity contribution in [2.45, 2.75) is 82.1 Å². The number of ether oxygens (including phenoxy) is 2. The Kier molecular flexibility index (Phi) is 9.53. The normalized spacial score (nSPS) is 32.3. The zero-order valence-electron chi connectivity index (χ0n) is 13.9. The SMILES string of the molecule is CCCOCCCCCCC[C@]1(O)O[C@H]([C@H](O)CO)[C@H](O)[C@H]1O. The van der Waals surface area contributed by atoms with E-state index in [0.717, 1.165) is 45.3 Å². The Balaban J connectivity index is 2.21. The molecule has 0 aliphatic carbocycles. The lowest BCUT2D eigenvalue weighted by molar-refractivity contribution is -0.242. The van der Waals surface area contributed by atoms with Crippen LogP contribution in [-0.2, 0) is 9.47 Å². The molecule has 23 heavy (non-hydrogen) atoms. The molecular weight excluding hydrogens is 304 g/mol. The van der Waals surface area contributed by atoms with Gasteiger partial charge in [0.25, 0.3) is 0 Å². The Bertz CT molecular complexity index is 315. The van der Waals surface area contributed by atoms with Gasteiger partial charge in [-0.15, -0.1) is 0 Å². The van der Waals surface area contributed by atoms with Crippen molar-refractivity contribution < 1.29 is 35.0 Å². The van der Waals surface area contributed by atoms with E-state index in [4.69, 9.17) is 14.6 Å². The summed E-state index contributed by atoms with van der Waals surface area (Å²) in [6, 6.07) is 0. The molecule has 0 saturated carbocycles. The first-order chi connectivity index (χ1) is 11.0. The molecule has 0 unspecified atom stereocenters. The smallest absolute Gasteiger partial charge is 0.195 e. The van der Waals surface area contributed by atoms with E-state index in [1.807, 2.05) is 0 Å². The van der Waals surface area contributed by atoms with Gasteiger partial charge in [-0.3, -0.25) is 0 Å². The highest BCUT2D eigenvalue weighted by atomic mass is 16.7. The summed E-state index contributed by atoms with van der Waals surface area (Å²) in [5, 5.41) is 48.5. The first kappa shape index (κ1) is 20.8. The van der Waals surface area contributed by atoms with Gasteiger partial charge in [-0.2, -0.15) is 0 Å². The van der Waals surface area contributed by atoms with E-state index in [9.17, 15) is 20.4 Å². The molecule has 1 aliphatic rings. The Morgan fingerprint density at radius 3 is 2.39 bits per heavy atom. The van der Waals surface area contributed by atoms with Crippen molar-refractivity contribution in [3.05, 3.63) is 0 Å². The van der Waals surface area contributed by atoms with Crippen LogP contribution in [0.3, 0.4) is 0 Å². The minimum atomic E-state index is -1.87. The number of rotatable bonds is 12. The highest BCUT2D eigenvalue weighted by Crippen LogP contribution is 2.34. The van der Waals surface area contributed by atoms with Crippen molar-refractivity contribution in [2.75, 3.05) is 19.8 Å². The molecule has 0 aromatic heterocycles. The monoisotopic (exact) mass is 336 g/mol. The summed E-state index contributed by atoms with van der Waals surface area (Å²) in [5.41, 5.74) is 0. The van der Waals surface area contributed by atoms with Gasteiger partial charge in [-0.05, 0) is 19.3 Å². The third-order valence-corrected chi connectivity index (χ3v) is 4.20. The van der Waals surface area contributed by atoms with Gasteiger partial charge in [0.05, 0.1) is 6.61 Å². The number of hydrogen-bond acceptors (Lipinski definition) is 7. The molecule has 0 bridgehead atoms. The van der Waals surface area contributed by atoms with Crippen LogP contribution in [0.2, 0.25) is 0 Å². The molecule has 1 heterocycles. The van der Waals surface area contributed by atoms with Crippen LogP contribution in [0.4, 0.5) is 0 Å². The van der Waals surface area contributed by atoms with E-state index >= 15 is 0 Å². The summed E-state index contributed by atoms with van der Waals surface area (Å²) < 4.78 is 10.6. The first-order valence-electron chi connectivity index (χ1n) is 8.59. The highest BCUT2D eigenvalue weighted by molar-refractivity contribution is 4.97. The maximum atomic E-state index is 10.3. The highest BCUT2D eigenvalue weighted by Gasteiger charge is 2.54. The molecule has 0 aromatic carbocycles. The fourth-order valence-electron chi connectivity index (χ4n) is 2.80. The van der Waals surface area contributed by atoms with Crippen molar-refractivity contribution in [3.8, 4) is 0 Å². The van der Waals surface area contributed by atoms with Crippen LogP contribution < -0.4 is 0 Å². The number of aliphatic hydroxyl groups excluding tert-OH is 4. The van der Waals surface area contributed by atoms with Gasteiger partial charge in [0.15, 0.2) is 5.79 Å². The molecule has 138 valence electrons. The summed E-state index contributed by atoms with van der Waals surface area (Å²) in [4.78, 5) is 0. The van der Waals surface area contributed by atoms with Crippen LogP contribution in [0, 0.1) is 0 Å². The predicted octanol–water partition coefficient (Wildman–Crippen LogP) is -0.0840. The number of unbranched alkanes of at least 4 members (excludes halogenated alkanes) is 4. The Hall–Kier alpha value is -0.280. The summed E-state index contributed by atoms with van der Waals surface area (Å²) >= 11 is 0. The van der Waals surface area contributed by atoms with Crippen molar-refractivity contribution >= 4 is 0 Å². The molecule has 5 atom stereocenters. The Morgan fingerprint density at radius 1 is 1.09 bits per heavy atom. The van der Waals surface area contributed by atoms with Gasteiger partial charge >= 0.3 is 0 Å². The fourth-order valence-corrected chi connectivity index (χ4v) is 2.80. The van der Waals surface area contributed by atoms with Crippen LogP contribution in [0.15, 0.2) is 0 Å². The Labute approximate surface area is 137 Å². The molecule has 0 aromatic rings. The molecular formula is C16H32O7. The minimum absolute atomic E-state index is 0.173. The third-order valence-electron chi connectivity index (χ3n) is 4.20. The summed E-state index contributed by atoms with van der Waals surface area (Å²) in [5.74, 6) is -1.87. The van der Waals surface area contributed by atoms with Gasteiger partial charge in [-0.25, -0.2) is 0 Å². The van der Waals surface area contributed by atoms with E-state index in [1.165, 1.54) is 0 Å². The molecule has 0 radical (unpaired) electrons. The fraction of sp³-hybridized carbons (Fsp3) is 1.00. The van der Waals surface area contributed by atoms with Crippen molar-refractivity contribution in [1.82, 2.24) is 0 Å². The van der Waals surface area contributed by atoms with E-state index < -0.39 is 36.8 Å². The molecule has 5 N–H and O–H groups in total. The molecule has 1 fully saturated rings. The summed E-state index contributed by atoms with van der Waals surface area (Å²) in [7, 11) is 0. The van der Waals surface area contributed by atoms with Crippen molar-refractivity contribution in [1.29, 1.82) is 0 Å². The van der Waals surface area contributed by atoms with E-state index in [-0.39, 0.29) is 6.42 Å². The maximum Gasteiger partial charge on any atom is 0.195 e. The largest absolute Gasteiger partial charge is 0.394 e. The van der Waals surface area contributed by atoms with Crippen LogP contribution in [-0.4, -0.2) is 75.6 Å². The van der Waals surface area contributed by atoms with Crippen LogP contribution in [0.1, 0.15) is 51.9 Å². The second-order valence-electron chi connectivity index (χ2n) is 6.24. The van der Waals surface area contributed by atoms with Crippen LogP contribution in [0.25, 0.3) is 0 Å². The molecule has 0 amide bonds. The van der Waals surface area contributed by atoms with Gasteiger partial charge in [0.2, 0.25) is 0 Å². The molecule has 7 heteroatoms. The average Bonchev–Trinajstić information content (AvgIpc) is 2.77. The first-order valence-corrected chi connectivity index (χ1v) is 8.59. The van der Waals surface area contributed by atoms with Crippen molar-refractivity contribution in [3.63, 3.8) is 0 Å². The number of hydrogen-bond donors (Lipinski definition) is 5. The zero-order valence-corrected chi connectivity index (χ0v) is 13.9. The quantitative estimate of drug-likeness (QED) is 0.316. The van der Waals surface area contributed by atoms with Gasteiger partial charge in [0.1, 0.15) is 24.4 Å². The standard InChI is InChI=1S/C16H32O7/c1-2-9-22-10-7-5-3-4-6-8-16(21)15(20)13(19)14(23-16)12(18)11-17/h12-15,17-21H,2-11H2,1H3/t12-,13+,14-,15-,16+/m1/s1. The molecule has 1 rings (SSSR count). The molecule has 1 aliphatic heterocycles. The third kappa shape index (κ3) is 6.26. The second-order valence-corrected chi connectivity index (χ2v) is 6.24. The van der Waals surface area contributed by atoms with Gasteiger partial charge in [0, 0.05) is 19.6 Å². The van der Waals surface area contributed by atoms with E-state index in [0.29, 0.717) is 6.42 Å². The average molecular weight is 336 g/mol. The predicted molar refractivity (Wildman–Crippen MR) is 83.7 cm³/mol. The number of aliphatic hydroxyl groups is 5. The lowest BCUT2D eigenvalue weighted by Crippen LogP contribution is -2.43. The minimum Gasteiger partial charge on any atom is -0.394 e. The maximum absolute atomic E-state index is 10.3. The lowest BCUT2D eigenvalue weighted by Gasteiger charge is -2.26. The molecule has 1 saturated heterocycles. The second kappa shape index (κ2) is 10.6. The van der Waals surface area contributed by atoms with Crippen LogP contribution in [0.5, 0.6) is 0 Å². The lowest BCUT2D eigenvalue weighted by atomic mass is 9.98. The zero-order chi connectivity index (χ0) is 17.3. The Morgan fingerprint density at radius 2 is 1.74 bits per heavy atom. The van der Waals surface area contributed by atoms with E-state index in [1.54, 1.807) is 0 Å². The molecule has 0 spiro atoms. The summed E-state index contributed by atoms with van der Waals surface area (Å²) in [6.45, 7) is 3.04.